The molecular weight excluding hydrogens is 212 g/mol. The number of carbonyl (C=O) groups excluding carboxylic acids is 2. The highest BCUT2D eigenvalue weighted by Gasteiger charge is 2.21. The van der Waals surface area contributed by atoms with Gasteiger partial charge in [-0.3, -0.25) is 9.59 Å². The lowest BCUT2D eigenvalue weighted by Crippen LogP contribution is -2.37. The molecule has 1 saturated heterocycles. The summed E-state index contributed by atoms with van der Waals surface area (Å²) in [6.07, 6.45) is 2.03. The maximum atomic E-state index is 11.9. The highest BCUT2D eigenvalue weighted by Crippen LogP contribution is 2.02. The van der Waals surface area contributed by atoms with E-state index in [0.717, 1.165) is 0 Å². The summed E-state index contributed by atoms with van der Waals surface area (Å²) >= 11 is 0. The largest absolute Gasteiger partial charge is 0.354 e. The van der Waals surface area contributed by atoms with Crippen molar-refractivity contribution in [3.63, 3.8) is 0 Å². The molecule has 1 aromatic heterocycles. The summed E-state index contributed by atoms with van der Waals surface area (Å²) in [6, 6.07) is 0. The normalized spacial score (nSPS) is 16.8. The van der Waals surface area contributed by atoms with Crippen LogP contribution in [0.25, 0.3) is 0 Å². The third-order valence-electron chi connectivity index (χ3n) is 2.37. The first-order chi connectivity index (χ1) is 7.66. The summed E-state index contributed by atoms with van der Waals surface area (Å²) in [4.78, 5) is 40.1. The molecule has 16 heavy (non-hydrogen) atoms. The number of hydrogen-bond acceptors (Lipinski definition) is 3. The lowest BCUT2D eigenvalue weighted by molar-refractivity contribution is -0.121. The fraction of sp³-hybridized carbons (Fsp3) is 0.444. The number of rotatable bonds is 1. The van der Waals surface area contributed by atoms with Gasteiger partial charge < -0.3 is 20.2 Å². The van der Waals surface area contributed by atoms with Crippen molar-refractivity contribution in [1.29, 1.82) is 0 Å². The number of hydrogen-bond donors (Lipinski definition) is 3. The summed E-state index contributed by atoms with van der Waals surface area (Å²) in [6.45, 7) is 1.11. The van der Waals surface area contributed by atoms with E-state index in [2.05, 4.69) is 15.3 Å². The molecule has 0 bridgehead atoms. The van der Waals surface area contributed by atoms with Crippen molar-refractivity contribution in [1.82, 2.24) is 20.2 Å². The number of imidazole rings is 1. The molecule has 1 aliphatic heterocycles. The maximum absolute atomic E-state index is 11.9. The van der Waals surface area contributed by atoms with Gasteiger partial charge >= 0.3 is 5.69 Å². The number of aromatic nitrogens is 2. The highest BCUT2D eigenvalue weighted by molar-refractivity contribution is 5.94. The molecule has 86 valence electrons. The lowest BCUT2D eigenvalue weighted by Gasteiger charge is -2.17. The second-order valence-electron chi connectivity index (χ2n) is 3.59. The quantitative estimate of drug-likeness (QED) is 0.551. The van der Waals surface area contributed by atoms with Crippen LogP contribution in [-0.2, 0) is 4.79 Å². The van der Waals surface area contributed by atoms with Crippen molar-refractivity contribution in [3.8, 4) is 0 Å². The molecule has 3 N–H and O–H groups in total. The first kappa shape index (κ1) is 10.5. The molecule has 0 atom stereocenters. The molecule has 7 nitrogen and oxygen atoms in total. The Bertz CT molecular complexity index is 461. The van der Waals surface area contributed by atoms with Crippen LogP contribution in [0, 0.1) is 0 Å². The molecule has 2 rings (SSSR count). The molecule has 0 spiro atoms. The number of carbonyl (C=O) groups is 2. The van der Waals surface area contributed by atoms with Crippen molar-refractivity contribution >= 4 is 11.8 Å². The van der Waals surface area contributed by atoms with Crippen molar-refractivity contribution in [3.05, 3.63) is 22.4 Å². The van der Waals surface area contributed by atoms with Gasteiger partial charge in [0.25, 0.3) is 5.91 Å². The van der Waals surface area contributed by atoms with Gasteiger partial charge in [0.15, 0.2) is 0 Å². The summed E-state index contributed by atoms with van der Waals surface area (Å²) in [5.41, 5.74) is -0.248. The van der Waals surface area contributed by atoms with E-state index >= 15 is 0 Å². The topological polar surface area (TPSA) is 98.1 Å². The fourth-order valence-corrected chi connectivity index (χ4v) is 1.60. The first-order valence-corrected chi connectivity index (χ1v) is 5.00. The number of nitrogens with one attached hydrogen (secondary N) is 3. The van der Waals surface area contributed by atoms with Gasteiger partial charge in [-0.25, -0.2) is 4.79 Å². The highest BCUT2D eigenvalue weighted by atomic mass is 16.2. The van der Waals surface area contributed by atoms with Crippen LogP contribution in [0.2, 0.25) is 0 Å². The second kappa shape index (κ2) is 4.21. The average Bonchev–Trinajstić information content (AvgIpc) is 2.56. The molecule has 7 heteroatoms. The molecule has 2 amide bonds. The number of nitrogens with zero attached hydrogens (tertiary/aromatic N) is 1. The predicted molar refractivity (Wildman–Crippen MR) is 54.9 cm³/mol. The average molecular weight is 224 g/mol. The Hall–Kier alpha value is -2.05. The minimum atomic E-state index is -0.428. The third kappa shape index (κ3) is 2.13. The van der Waals surface area contributed by atoms with Crippen LogP contribution in [0.5, 0.6) is 0 Å². The zero-order valence-corrected chi connectivity index (χ0v) is 8.58. The van der Waals surface area contributed by atoms with E-state index in [1.165, 1.54) is 11.1 Å². The lowest BCUT2D eigenvalue weighted by atomic mass is 10.3. The molecule has 1 aromatic rings. The van der Waals surface area contributed by atoms with Gasteiger partial charge in [-0.05, 0) is 6.42 Å². The number of aromatic amines is 2. The van der Waals surface area contributed by atoms with Crippen LogP contribution < -0.4 is 11.0 Å². The molecule has 0 aliphatic carbocycles. The molecule has 0 radical (unpaired) electrons. The standard InChI is InChI=1S/C9H12N4O3/c14-7-5-13(3-1-2-10-7)8(15)6-4-11-9(16)12-6/h4H,1-3,5H2,(H,10,14)(H2,11,12,16). The van der Waals surface area contributed by atoms with Crippen LogP contribution in [0.4, 0.5) is 0 Å². The van der Waals surface area contributed by atoms with Crippen LogP contribution in [-0.4, -0.2) is 46.3 Å². The second-order valence-corrected chi connectivity index (χ2v) is 3.59. The minimum Gasteiger partial charge on any atom is -0.354 e. The van der Waals surface area contributed by atoms with Crippen molar-refractivity contribution < 1.29 is 9.59 Å². The summed E-state index contributed by atoms with van der Waals surface area (Å²) < 4.78 is 0. The van der Waals surface area contributed by atoms with Gasteiger partial charge in [0.05, 0.1) is 6.54 Å². The van der Waals surface area contributed by atoms with Crippen molar-refractivity contribution in [2.45, 2.75) is 6.42 Å². The molecule has 0 saturated carbocycles. The molecular formula is C9H12N4O3. The van der Waals surface area contributed by atoms with Gasteiger partial charge in [0, 0.05) is 19.3 Å². The molecule has 1 fully saturated rings. The van der Waals surface area contributed by atoms with Crippen LogP contribution in [0.3, 0.4) is 0 Å². The first-order valence-electron chi connectivity index (χ1n) is 5.00. The SMILES string of the molecule is O=C1CN(C(=O)c2c[nH]c(=O)[nH]2)CCCN1. The number of H-pyrrole nitrogens is 2. The van der Waals surface area contributed by atoms with Crippen LogP contribution in [0.1, 0.15) is 16.9 Å². The predicted octanol–water partition coefficient (Wildman–Crippen LogP) is -1.33. The van der Waals surface area contributed by atoms with Gasteiger partial charge in [-0.1, -0.05) is 0 Å². The van der Waals surface area contributed by atoms with E-state index in [0.29, 0.717) is 19.5 Å². The van der Waals surface area contributed by atoms with Crippen LogP contribution >= 0.6 is 0 Å². The van der Waals surface area contributed by atoms with E-state index in [9.17, 15) is 14.4 Å². The summed E-state index contributed by atoms with van der Waals surface area (Å²) in [5, 5.41) is 2.67. The zero-order valence-electron chi connectivity index (χ0n) is 8.58. The fourth-order valence-electron chi connectivity index (χ4n) is 1.60. The minimum absolute atomic E-state index is 0.0338. The van der Waals surface area contributed by atoms with E-state index in [4.69, 9.17) is 0 Å². The Labute approximate surface area is 90.8 Å². The van der Waals surface area contributed by atoms with E-state index in [1.54, 1.807) is 0 Å². The van der Waals surface area contributed by atoms with E-state index in [1.807, 2.05) is 0 Å². The Balaban J connectivity index is 2.14. The Morgan fingerprint density at radius 3 is 2.88 bits per heavy atom. The zero-order chi connectivity index (χ0) is 11.5. The molecule has 1 aliphatic rings. The smallest absolute Gasteiger partial charge is 0.323 e. The molecule has 0 unspecified atom stereocenters. The van der Waals surface area contributed by atoms with Gasteiger partial charge in [0.1, 0.15) is 5.69 Å². The Morgan fingerprint density at radius 2 is 2.19 bits per heavy atom. The summed E-state index contributed by atoms with van der Waals surface area (Å²) in [5.74, 6) is -0.515. The van der Waals surface area contributed by atoms with Gasteiger partial charge in [-0.2, -0.15) is 0 Å². The van der Waals surface area contributed by atoms with Gasteiger partial charge in [0.2, 0.25) is 5.91 Å². The van der Waals surface area contributed by atoms with Crippen LogP contribution in [0.15, 0.2) is 11.0 Å². The van der Waals surface area contributed by atoms with Crippen molar-refractivity contribution in [2.24, 2.45) is 0 Å². The molecule has 2 heterocycles. The summed E-state index contributed by atoms with van der Waals surface area (Å²) in [7, 11) is 0. The van der Waals surface area contributed by atoms with Gasteiger partial charge in [-0.15, -0.1) is 0 Å². The van der Waals surface area contributed by atoms with E-state index < -0.39 is 5.69 Å². The van der Waals surface area contributed by atoms with Crippen molar-refractivity contribution in [2.75, 3.05) is 19.6 Å². The molecule has 0 aromatic carbocycles. The monoisotopic (exact) mass is 224 g/mol. The third-order valence-corrected chi connectivity index (χ3v) is 2.37. The number of amides is 2. The van der Waals surface area contributed by atoms with E-state index in [-0.39, 0.29) is 24.1 Å². The maximum Gasteiger partial charge on any atom is 0.323 e. The Kier molecular flexibility index (Phi) is 2.76. The Morgan fingerprint density at radius 1 is 1.38 bits per heavy atom.